The maximum absolute atomic E-state index is 11.6. The Kier molecular flexibility index (Phi) is 19.4. The van der Waals surface area contributed by atoms with Crippen molar-refractivity contribution in [3.63, 3.8) is 0 Å². The van der Waals surface area contributed by atoms with Crippen LogP contribution in [0.15, 0.2) is 48.6 Å². The third kappa shape index (κ3) is 18.9. The molecule has 0 aliphatic rings. The van der Waals surface area contributed by atoms with Crippen molar-refractivity contribution in [1.82, 2.24) is 5.32 Å². The number of hydrogen-bond acceptors (Lipinski definition) is 3. The maximum Gasteiger partial charge on any atom is 0.220 e. The third-order valence-corrected chi connectivity index (χ3v) is 4.04. The van der Waals surface area contributed by atoms with Gasteiger partial charge in [-0.3, -0.25) is 4.79 Å². The standard InChI is InChI=1S/C23H39NO3/c1-2-3-4-5-6-7-8-9-10-11-12-13-14-15-16-17-18-19-23(27)24-22(20-25)21-26/h6-7,9-10,12-13,15-16,22,25-26H,2-5,8,11,14,17-21H2,1H3,(H,24,27)/b7-6+,10-9+,13-12+,16-15-. The van der Waals surface area contributed by atoms with Crippen molar-refractivity contribution in [3.05, 3.63) is 48.6 Å². The molecular weight excluding hydrogens is 338 g/mol. The molecule has 0 saturated heterocycles. The summed E-state index contributed by atoms with van der Waals surface area (Å²) in [6.45, 7) is 1.76. The molecule has 0 aromatic heterocycles. The van der Waals surface area contributed by atoms with E-state index in [0.29, 0.717) is 6.42 Å². The van der Waals surface area contributed by atoms with Crippen LogP contribution in [0.4, 0.5) is 0 Å². The molecule has 0 heterocycles. The summed E-state index contributed by atoms with van der Waals surface area (Å²) in [7, 11) is 0. The Hall–Kier alpha value is -1.65. The SMILES string of the molecule is CCCCC/C=C/C/C=C/C/C=C/C/C=C\CCCC(=O)NC(CO)CO. The smallest absolute Gasteiger partial charge is 0.220 e. The molecule has 0 aliphatic carbocycles. The Morgan fingerprint density at radius 1 is 0.778 bits per heavy atom. The van der Waals surface area contributed by atoms with Gasteiger partial charge in [0.2, 0.25) is 5.91 Å². The van der Waals surface area contributed by atoms with E-state index in [4.69, 9.17) is 10.2 Å². The largest absolute Gasteiger partial charge is 0.394 e. The number of amides is 1. The normalized spacial score (nSPS) is 12.4. The highest BCUT2D eigenvalue weighted by Crippen LogP contribution is 2.01. The molecule has 0 fully saturated rings. The quantitative estimate of drug-likeness (QED) is 0.256. The molecule has 0 aromatic carbocycles. The topological polar surface area (TPSA) is 69.6 Å². The lowest BCUT2D eigenvalue weighted by atomic mass is 10.2. The van der Waals surface area contributed by atoms with Crippen molar-refractivity contribution >= 4 is 5.91 Å². The fourth-order valence-corrected chi connectivity index (χ4v) is 2.39. The zero-order valence-corrected chi connectivity index (χ0v) is 17.0. The molecule has 0 aromatic rings. The summed E-state index contributed by atoms with van der Waals surface area (Å²) in [6.07, 6.45) is 27.5. The first-order valence-electron chi connectivity index (χ1n) is 10.4. The Morgan fingerprint density at radius 2 is 1.26 bits per heavy atom. The second-order valence-corrected chi connectivity index (χ2v) is 6.61. The van der Waals surface area contributed by atoms with Gasteiger partial charge in [-0.2, -0.15) is 0 Å². The van der Waals surface area contributed by atoms with E-state index in [9.17, 15) is 4.79 Å². The number of rotatable bonds is 17. The first-order chi connectivity index (χ1) is 13.2. The lowest BCUT2D eigenvalue weighted by molar-refractivity contribution is -0.122. The van der Waals surface area contributed by atoms with E-state index in [0.717, 1.165) is 32.1 Å². The van der Waals surface area contributed by atoms with Crippen LogP contribution in [0.3, 0.4) is 0 Å². The number of carbonyl (C=O) groups is 1. The van der Waals surface area contributed by atoms with Crippen LogP contribution in [0.25, 0.3) is 0 Å². The predicted molar refractivity (Wildman–Crippen MR) is 115 cm³/mol. The summed E-state index contributed by atoms with van der Waals surface area (Å²) in [5.74, 6) is -0.126. The van der Waals surface area contributed by atoms with E-state index in [1.54, 1.807) is 0 Å². The number of nitrogens with one attached hydrogen (secondary N) is 1. The highest BCUT2D eigenvalue weighted by Gasteiger charge is 2.08. The molecule has 27 heavy (non-hydrogen) atoms. The molecule has 0 atom stereocenters. The minimum Gasteiger partial charge on any atom is -0.394 e. The van der Waals surface area contributed by atoms with Gasteiger partial charge in [0.25, 0.3) is 0 Å². The predicted octanol–water partition coefficient (Wildman–Crippen LogP) is 4.60. The van der Waals surface area contributed by atoms with Gasteiger partial charge < -0.3 is 15.5 Å². The summed E-state index contributed by atoms with van der Waals surface area (Å²) in [5, 5.41) is 20.4. The monoisotopic (exact) mass is 377 g/mol. The van der Waals surface area contributed by atoms with E-state index >= 15 is 0 Å². The molecule has 0 bridgehead atoms. The molecule has 0 spiro atoms. The summed E-state index contributed by atoms with van der Waals surface area (Å²) >= 11 is 0. The molecule has 4 heteroatoms. The fraction of sp³-hybridized carbons (Fsp3) is 0.609. The minimum atomic E-state index is -0.547. The van der Waals surface area contributed by atoms with Crippen LogP contribution in [0.2, 0.25) is 0 Å². The van der Waals surface area contributed by atoms with Crippen molar-refractivity contribution in [2.45, 2.75) is 77.2 Å². The van der Waals surface area contributed by atoms with Crippen LogP contribution in [-0.4, -0.2) is 35.4 Å². The van der Waals surface area contributed by atoms with Gasteiger partial charge >= 0.3 is 0 Å². The van der Waals surface area contributed by atoms with Gasteiger partial charge in [0.1, 0.15) is 0 Å². The molecule has 154 valence electrons. The molecule has 0 aliphatic heterocycles. The van der Waals surface area contributed by atoms with Crippen LogP contribution in [0, 0.1) is 0 Å². The Morgan fingerprint density at radius 3 is 1.74 bits per heavy atom. The lowest BCUT2D eigenvalue weighted by Gasteiger charge is -2.12. The zero-order chi connectivity index (χ0) is 20.0. The van der Waals surface area contributed by atoms with E-state index in [2.05, 4.69) is 60.8 Å². The molecule has 1 amide bonds. The molecular formula is C23H39NO3. The molecule has 0 unspecified atom stereocenters. The Bertz CT molecular complexity index is 449. The average molecular weight is 378 g/mol. The summed E-state index contributed by atoms with van der Waals surface area (Å²) in [5.41, 5.74) is 0. The van der Waals surface area contributed by atoms with Crippen LogP contribution >= 0.6 is 0 Å². The van der Waals surface area contributed by atoms with E-state index < -0.39 is 6.04 Å². The van der Waals surface area contributed by atoms with Gasteiger partial charge in [-0.1, -0.05) is 68.4 Å². The minimum absolute atomic E-state index is 0.126. The van der Waals surface area contributed by atoms with Gasteiger partial charge in [0.15, 0.2) is 0 Å². The molecule has 4 nitrogen and oxygen atoms in total. The summed E-state index contributed by atoms with van der Waals surface area (Å²) in [6, 6.07) is -0.547. The molecule has 0 rings (SSSR count). The third-order valence-electron chi connectivity index (χ3n) is 4.04. The average Bonchev–Trinajstić information content (AvgIpc) is 2.68. The lowest BCUT2D eigenvalue weighted by Crippen LogP contribution is -2.39. The van der Waals surface area contributed by atoms with Crippen LogP contribution in [0.1, 0.15) is 71.1 Å². The molecule has 3 N–H and O–H groups in total. The van der Waals surface area contributed by atoms with E-state index in [-0.39, 0.29) is 19.1 Å². The van der Waals surface area contributed by atoms with Crippen molar-refractivity contribution in [1.29, 1.82) is 0 Å². The summed E-state index contributed by atoms with van der Waals surface area (Å²) < 4.78 is 0. The van der Waals surface area contributed by atoms with E-state index in [1.807, 2.05) is 0 Å². The number of hydrogen-bond donors (Lipinski definition) is 3. The summed E-state index contributed by atoms with van der Waals surface area (Å²) in [4.78, 5) is 11.6. The van der Waals surface area contributed by atoms with Crippen molar-refractivity contribution in [2.75, 3.05) is 13.2 Å². The second-order valence-electron chi connectivity index (χ2n) is 6.61. The fourth-order valence-electron chi connectivity index (χ4n) is 2.39. The van der Waals surface area contributed by atoms with Gasteiger partial charge in [0, 0.05) is 6.42 Å². The Labute approximate surface area is 165 Å². The number of carbonyl (C=O) groups excluding carboxylic acids is 1. The highest BCUT2D eigenvalue weighted by atomic mass is 16.3. The van der Waals surface area contributed by atoms with E-state index in [1.165, 1.54) is 25.7 Å². The van der Waals surface area contributed by atoms with Crippen molar-refractivity contribution in [3.8, 4) is 0 Å². The Balaban J connectivity index is 3.55. The number of unbranched alkanes of at least 4 members (excludes halogenated alkanes) is 4. The second kappa shape index (κ2) is 20.7. The number of aliphatic hydroxyl groups excluding tert-OH is 2. The van der Waals surface area contributed by atoms with Crippen molar-refractivity contribution in [2.24, 2.45) is 0 Å². The first kappa shape index (κ1) is 25.4. The van der Waals surface area contributed by atoms with Gasteiger partial charge in [-0.25, -0.2) is 0 Å². The van der Waals surface area contributed by atoms with Gasteiger partial charge in [-0.15, -0.1) is 0 Å². The van der Waals surface area contributed by atoms with Gasteiger partial charge in [-0.05, 0) is 44.9 Å². The maximum atomic E-state index is 11.6. The molecule has 0 radical (unpaired) electrons. The van der Waals surface area contributed by atoms with Crippen LogP contribution in [0.5, 0.6) is 0 Å². The van der Waals surface area contributed by atoms with Crippen molar-refractivity contribution < 1.29 is 15.0 Å². The highest BCUT2D eigenvalue weighted by molar-refractivity contribution is 5.76. The number of allylic oxidation sites excluding steroid dienone is 8. The van der Waals surface area contributed by atoms with Crippen LogP contribution in [-0.2, 0) is 4.79 Å². The number of aliphatic hydroxyl groups is 2. The zero-order valence-electron chi connectivity index (χ0n) is 17.0. The van der Waals surface area contributed by atoms with Gasteiger partial charge in [0.05, 0.1) is 19.3 Å². The van der Waals surface area contributed by atoms with Crippen LogP contribution < -0.4 is 5.32 Å². The molecule has 0 saturated carbocycles. The first-order valence-corrected chi connectivity index (χ1v) is 10.4.